The first kappa shape index (κ1) is 16.9. The summed E-state index contributed by atoms with van der Waals surface area (Å²) in [5.74, 6) is -0.398. The lowest BCUT2D eigenvalue weighted by molar-refractivity contribution is 0.0954. The molecule has 0 bridgehead atoms. The van der Waals surface area contributed by atoms with Crippen LogP contribution in [0.5, 0.6) is 0 Å². The molecule has 4 nitrogen and oxygen atoms in total. The molecule has 0 radical (unpaired) electrons. The molecule has 1 amide bonds. The number of hydrogen-bond donors (Lipinski definition) is 1. The van der Waals surface area contributed by atoms with Crippen molar-refractivity contribution in [1.29, 1.82) is 0 Å². The third-order valence-corrected chi connectivity index (χ3v) is 3.73. The van der Waals surface area contributed by atoms with Gasteiger partial charge in [-0.2, -0.15) is 0 Å². The SMILES string of the molecule is CCN(CC)c1cncc(C(=O)NCCc2ccc(F)cc2)c1. The van der Waals surface area contributed by atoms with Crippen LogP contribution in [0.1, 0.15) is 29.8 Å². The number of nitrogens with zero attached hydrogens (tertiary/aromatic N) is 2. The van der Waals surface area contributed by atoms with Crippen LogP contribution in [0.2, 0.25) is 0 Å². The highest BCUT2D eigenvalue weighted by atomic mass is 19.1. The minimum atomic E-state index is -0.253. The lowest BCUT2D eigenvalue weighted by Crippen LogP contribution is -2.27. The number of carbonyl (C=O) groups is 1. The van der Waals surface area contributed by atoms with E-state index in [0.29, 0.717) is 18.5 Å². The molecule has 1 aromatic heterocycles. The minimum absolute atomic E-state index is 0.145. The van der Waals surface area contributed by atoms with Gasteiger partial charge in [-0.05, 0) is 44.0 Å². The number of benzene rings is 1. The fourth-order valence-electron chi connectivity index (χ4n) is 2.39. The molecule has 0 aliphatic carbocycles. The molecule has 0 fully saturated rings. The van der Waals surface area contributed by atoms with Crippen LogP contribution in [0, 0.1) is 5.82 Å². The Morgan fingerprint density at radius 3 is 2.52 bits per heavy atom. The maximum absolute atomic E-state index is 12.8. The highest BCUT2D eigenvalue weighted by Crippen LogP contribution is 2.14. The molecule has 23 heavy (non-hydrogen) atoms. The third-order valence-electron chi connectivity index (χ3n) is 3.73. The molecule has 5 heteroatoms. The van der Waals surface area contributed by atoms with Crippen molar-refractivity contribution in [1.82, 2.24) is 10.3 Å². The number of aromatic nitrogens is 1. The fraction of sp³-hybridized carbons (Fsp3) is 0.333. The van der Waals surface area contributed by atoms with Gasteiger partial charge < -0.3 is 10.2 Å². The van der Waals surface area contributed by atoms with Gasteiger partial charge >= 0.3 is 0 Å². The van der Waals surface area contributed by atoms with E-state index >= 15 is 0 Å². The third kappa shape index (κ3) is 4.77. The van der Waals surface area contributed by atoms with Crippen LogP contribution in [-0.4, -0.2) is 30.5 Å². The summed E-state index contributed by atoms with van der Waals surface area (Å²) in [6.07, 6.45) is 4.00. The standard InChI is InChI=1S/C18H22FN3O/c1-3-22(4-2)17-11-15(12-20-13-17)18(23)21-10-9-14-5-7-16(19)8-6-14/h5-8,11-13H,3-4,9-10H2,1-2H3,(H,21,23). The summed E-state index contributed by atoms with van der Waals surface area (Å²) in [5, 5.41) is 2.87. The van der Waals surface area contributed by atoms with Gasteiger partial charge in [0.05, 0.1) is 17.4 Å². The summed E-state index contributed by atoms with van der Waals surface area (Å²) < 4.78 is 12.8. The molecule has 2 rings (SSSR count). The molecular formula is C18H22FN3O. The van der Waals surface area contributed by atoms with Crippen molar-refractivity contribution in [3.8, 4) is 0 Å². The molecule has 0 aliphatic rings. The molecular weight excluding hydrogens is 293 g/mol. The second kappa shape index (κ2) is 8.27. The van der Waals surface area contributed by atoms with Gasteiger partial charge in [-0.1, -0.05) is 12.1 Å². The quantitative estimate of drug-likeness (QED) is 0.854. The summed E-state index contributed by atoms with van der Waals surface area (Å²) in [4.78, 5) is 18.5. The first-order valence-corrected chi connectivity index (χ1v) is 7.86. The highest BCUT2D eigenvalue weighted by molar-refractivity contribution is 5.94. The monoisotopic (exact) mass is 315 g/mol. The van der Waals surface area contributed by atoms with Crippen LogP contribution in [0.15, 0.2) is 42.7 Å². The van der Waals surface area contributed by atoms with Gasteiger partial charge in [0.2, 0.25) is 0 Å². The summed E-state index contributed by atoms with van der Waals surface area (Å²) >= 11 is 0. The van der Waals surface area contributed by atoms with Crippen molar-refractivity contribution >= 4 is 11.6 Å². The van der Waals surface area contributed by atoms with Crippen molar-refractivity contribution in [3.63, 3.8) is 0 Å². The van der Waals surface area contributed by atoms with Crippen molar-refractivity contribution in [2.45, 2.75) is 20.3 Å². The van der Waals surface area contributed by atoms with E-state index in [1.807, 2.05) is 6.07 Å². The average Bonchev–Trinajstić information content (AvgIpc) is 2.58. The lowest BCUT2D eigenvalue weighted by Gasteiger charge is -2.20. The largest absolute Gasteiger partial charge is 0.371 e. The number of hydrogen-bond acceptors (Lipinski definition) is 3. The van der Waals surface area contributed by atoms with Gasteiger partial charge in [-0.25, -0.2) is 4.39 Å². The van der Waals surface area contributed by atoms with Crippen molar-refractivity contribution in [2.75, 3.05) is 24.5 Å². The first-order valence-electron chi connectivity index (χ1n) is 7.86. The highest BCUT2D eigenvalue weighted by Gasteiger charge is 2.09. The van der Waals surface area contributed by atoms with E-state index in [2.05, 4.69) is 29.0 Å². The maximum Gasteiger partial charge on any atom is 0.252 e. The topological polar surface area (TPSA) is 45.2 Å². The van der Waals surface area contributed by atoms with E-state index in [4.69, 9.17) is 0 Å². The Morgan fingerprint density at radius 1 is 1.17 bits per heavy atom. The molecule has 1 aromatic carbocycles. The number of anilines is 1. The summed E-state index contributed by atoms with van der Waals surface area (Å²) in [6, 6.07) is 8.16. The molecule has 2 aromatic rings. The molecule has 122 valence electrons. The van der Waals surface area contributed by atoms with Crippen molar-refractivity contribution < 1.29 is 9.18 Å². The first-order chi connectivity index (χ1) is 11.1. The molecule has 0 aliphatic heterocycles. The zero-order valence-corrected chi connectivity index (χ0v) is 13.6. The number of rotatable bonds is 7. The lowest BCUT2D eigenvalue weighted by atomic mass is 10.1. The van der Waals surface area contributed by atoms with E-state index < -0.39 is 0 Å². The molecule has 0 atom stereocenters. The second-order valence-electron chi connectivity index (χ2n) is 5.24. The van der Waals surface area contributed by atoms with Crippen molar-refractivity contribution in [3.05, 3.63) is 59.7 Å². The van der Waals surface area contributed by atoms with E-state index in [0.717, 1.165) is 24.3 Å². The van der Waals surface area contributed by atoms with Gasteiger partial charge in [0, 0.05) is 25.8 Å². The van der Waals surface area contributed by atoms with Gasteiger partial charge in [-0.3, -0.25) is 9.78 Å². The maximum atomic E-state index is 12.8. The van der Waals surface area contributed by atoms with Gasteiger partial charge in [0.15, 0.2) is 0 Å². The second-order valence-corrected chi connectivity index (χ2v) is 5.24. The summed E-state index contributed by atoms with van der Waals surface area (Å²) in [7, 11) is 0. The minimum Gasteiger partial charge on any atom is -0.371 e. The van der Waals surface area contributed by atoms with E-state index in [1.165, 1.54) is 12.1 Å². The average molecular weight is 315 g/mol. The molecule has 0 saturated carbocycles. The van der Waals surface area contributed by atoms with Crippen LogP contribution in [-0.2, 0) is 6.42 Å². The Bertz CT molecular complexity index is 639. The Hall–Kier alpha value is -2.43. The number of carbonyl (C=O) groups excluding carboxylic acids is 1. The van der Waals surface area contributed by atoms with Crippen LogP contribution >= 0.6 is 0 Å². The summed E-state index contributed by atoms with van der Waals surface area (Å²) in [5.41, 5.74) is 2.48. The van der Waals surface area contributed by atoms with Crippen LogP contribution < -0.4 is 10.2 Å². The zero-order chi connectivity index (χ0) is 16.7. The van der Waals surface area contributed by atoms with Crippen molar-refractivity contribution in [2.24, 2.45) is 0 Å². The van der Waals surface area contributed by atoms with E-state index in [-0.39, 0.29) is 11.7 Å². The normalized spacial score (nSPS) is 10.4. The Balaban J connectivity index is 1.92. The molecule has 0 saturated heterocycles. The Kier molecular flexibility index (Phi) is 6.09. The number of amides is 1. The number of pyridine rings is 1. The van der Waals surface area contributed by atoms with Gasteiger partial charge in [0.25, 0.3) is 5.91 Å². The fourth-order valence-corrected chi connectivity index (χ4v) is 2.39. The molecule has 0 unspecified atom stereocenters. The zero-order valence-electron chi connectivity index (χ0n) is 13.6. The predicted molar refractivity (Wildman–Crippen MR) is 90.2 cm³/mol. The number of nitrogens with one attached hydrogen (secondary N) is 1. The van der Waals surface area contributed by atoms with Crippen LogP contribution in [0.3, 0.4) is 0 Å². The summed E-state index contributed by atoms with van der Waals surface area (Å²) in [6.45, 7) is 6.37. The van der Waals surface area contributed by atoms with Crippen LogP contribution in [0.25, 0.3) is 0 Å². The van der Waals surface area contributed by atoms with E-state index in [9.17, 15) is 9.18 Å². The van der Waals surface area contributed by atoms with Gasteiger partial charge in [-0.15, -0.1) is 0 Å². The van der Waals surface area contributed by atoms with E-state index in [1.54, 1.807) is 24.5 Å². The molecule has 1 heterocycles. The molecule has 0 spiro atoms. The van der Waals surface area contributed by atoms with Crippen LogP contribution in [0.4, 0.5) is 10.1 Å². The Morgan fingerprint density at radius 2 is 1.87 bits per heavy atom. The van der Waals surface area contributed by atoms with Gasteiger partial charge in [0.1, 0.15) is 5.82 Å². The smallest absolute Gasteiger partial charge is 0.252 e. The Labute approximate surface area is 136 Å². The number of halogens is 1. The molecule has 1 N–H and O–H groups in total. The predicted octanol–water partition coefficient (Wildman–Crippen LogP) is 3.04.